The summed E-state index contributed by atoms with van der Waals surface area (Å²) >= 11 is 5.79. The van der Waals surface area contributed by atoms with Crippen molar-refractivity contribution in [2.75, 3.05) is 14.2 Å². The molecule has 0 saturated carbocycles. The zero-order chi connectivity index (χ0) is 23.1. The van der Waals surface area contributed by atoms with Gasteiger partial charge in [0.15, 0.2) is 11.5 Å². The summed E-state index contributed by atoms with van der Waals surface area (Å²) in [5.41, 5.74) is 3.24. The monoisotopic (exact) mass is 474 g/mol. The van der Waals surface area contributed by atoms with Crippen LogP contribution in [0.5, 0.6) is 17.2 Å². The van der Waals surface area contributed by atoms with Crippen LogP contribution in [0.3, 0.4) is 0 Å². The van der Waals surface area contributed by atoms with E-state index in [1.54, 1.807) is 24.3 Å². The lowest BCUT2D eigenvalue weighted by atomic mass is 10.2. The molecule has 0 aliphatic rings. The molecule has 0 aliphatic heterocycles. The van der Waals surface area contributed by atoms with E-state index in [0.29, 0.717) is 27.6 Å². The molecular formula is C22H19ClN2O6S. The van der Waals surface area contributed by atoms with Crippen LogP contribution < -0.4 is 19.1 Å². The Balaban J connectivity index is 1.68. The Kier molecular flexibility index (Phi) is 7.34. The number of hydrogen-bond acceptors (Lipinski definition) is 7. The Labute approximate surface area is 190 Å². The van der Waals surface area contributed by atoms with Crippen LogP contribution in [0.2, 0.25) is 5.02 Å². The SMILES string of the molecule is COc1ccc(C(=O)N/N=C/c2cccc(OS(=O)(=O)c3ccc(Cl)cc3)c2)cc1OC. The predicted octanol–water partition coefficient (Wildman–Crippen LogP) is 3.89. The number of hydrazone groups is 1. The lowest BCUT2D eigenvalue weighted by molar-refractivity contribution is 0.0954. The molecule has 3 rings (SSSR count). The first-order valence-electron chi connectivity index (χ1n) is 9.18. The van der Waals surface area contributed by atoms with Gasteiger partial charge in [-0.1, -0.05) is 23.7 Å². The van der Waals surface area contributed by atoms with Crippen molar-refractivity contribution in [3.05, 3.63) is 82.9 Å². The van der Waals surface area contributed by atoms with E-state index in [4.69, 9.17) is 25.3 Å². The minimum Gasteiger partial charge on any atom is -0.493 e. The highest BCUT2D eigenvalue weighted by Crippen LogP contribution is 2.27. The van der Waals surface area contributed by atoms with Gasteiger partial charge >= 0.3 is 10.1 Å². The Morgan fingerprint density at radius 2 is 1.69 bits per heavy atom. The fourth-order valence-corrected chi connectivity index (χ4v) is 3.68. The van der Waals surface area contributed by atoms with E-state index < -0.39 is 16.0 Å². The third-order valence-electron chi connectivity index (χ3n) is 4.19. The Hall–Kier alpha value is -3.56. The molecule has 0 spiro atoms. The van der Waals surface area contributed by atoms with Gasteiger partial charge in [0.25, 0.3) is 5.91 Å². The molecule has 0 saturated heterocycles. The van der Waals surface area contributed by atoms with Crippen molar-refractivity contribution in [1.29, 1.82) is 0 Å². The molecule has 0 aliphatic carbocycles. The molecule has 0 atom stereocenters. The van der Waals surface area contributed by atoms with Gasteiger partial charge in [-0.25, -0.2) is 5.43 Å². The molecule has 0 radical (unpaired) electrons. The third-order valence-corrected chi connectivity index (χ3v) is 5.71. The largest absolute Gasteiger partial charge is 0.493 e. The van der Waals surface area contributed by atoms with Crippen LogP contribution in [0.4, 0.5) is 0 Å². The van der Waals surface area contributed by atoms with Gasteiger partial charge in [-0.3, -0.25) is 4.79 Å². The van der Waals surface area contributed by atoms with Gasteiger partial charge in [0, 0.05) is 10.6 Å². The summed E-state index contributed by atoms with van der Waals surface area (Å²) in [4.78, 5) is 12.3. The van der Waals surface area contributed by atoms with Crippen molar-refractivity contribution in [2.24, 2.45) is 5.10 Å². The van der Waals surface area contributed by atoms with E-state index in [0.717, 1.165) is 0 Å². The maximum absolute atomic E-state index is 12.4. The molecule has 3 aromatic carbocycles. The van der Waals surface area contributed by atoms with E-state index in [1.165, 1.54) is 62.9 Å². The van der Waals surface area contributed by atoms with E-state index in [-0.39, 0.29) is 10.6 Å². The van der Waals surface area contributed by atoms with Crippen LogP contribution in [0.25, 0.3) is 0 Å². The molecule has 0 fully saturated rings. The van der Waals surface area contributed by atoms with Crippen molar-refractivity contribution in [3.63, 3.8) is 0 Å². The second-order valence-electron chi connectivity index (χ2n) is 6.33. The molecule has 166 valence electrons. The maximum atomic E-state index is 12.4. The number of nitrogens with one attached hydrogen (secondary N) is 1. The molecule has 0 heterocycles. The van der Waals surface area contributed by atoms with Gasteiger partial charge in [-0.2, -0.15) is 13.5 Å². The summed E-state index contributed by atoms with van der Waals surface area (Å²) < 4.78 is 40.3. The van der Waals surface area contributed by atoms with Gasteiger partial charge in [0.1, 0.15) is 10.6 Å². The second kappa shape index (κ2) is 10.2. The van der Waals surface area contributed by atoms with Crippen LogP contribution in [0.1, 0.15) is 15.9 Å². The third kappa shape index (κ3) is 5.77. The van der Waals surface area contributed by atoms with E-state index in [2.05, 4.69) is 10.5 Å². The van der Waals surface area contributed by atoms with Crippen LogP contribution in [0.15, 0.2) is 76.7 Å². The average molecular weight is 475 g/mol. The highest BCUT2D eigenvalue weighted by atomic mass is 35.5. The number of methoxy groups -OCH3 is 2. The fourth-order valence-electron chi connectivity index (χ4n) is 2.63. The van der Waals surface area contributed by atoms with Crippen LogP contribution >= 0.6 is 11.6 Å². The summed E-state index contributed by atoms with van der Waals surface area (Å²) in [5, 5.41) is 4.32. The highest BCUT2D eigenvalue weighted by molar-refractivity contribution is 7.87. The lowest BCUT2D eigenvalue weighted by Gasteiger charge is -2.08. The number of carbonyl (C=O) groups is 1. The molecule has 0 aromatic heterocycles. The van der Waals surface area contributed by atoms with Gasteiger partial charge in [0.2, 0.25) is 0 Å². The molecule has 8 nitrogen and oxygen atoms in total. The number of halogens is 1. The maximum Gasteiger partial charge on any atom is 0.339 e. The topological polar surface area (TPSA) is 103 Å². The Morgan fingerprint density at radius 3 is 2.38 bits per heavy atom. The number of ether oxygens (including phenoxy) is 2. The number of amides is 1. The summed E-state index contributed by atoms with van der Waals surface area (Å²) in [6, 6.07) is 16.6. The van der Waals surface area contributed by atoms with Crippen LogP contribution in [0, 0.1) is 0 Å². The first-order valence-corrected chi connectivity index (χ1v) is 11.0. The predicted molar refractivity (Wildman–Crippen MR) is 120 cm³/mol. The number of hydrogen-bond donors (Lipinski definition) is 1. The fraction of sp³-hybridized carbons (Fsp3) is 0.0909. The summed E-state index contributed by atoms with van der Waals surface area (Å²) in [5.74, 6) is 0.545. The molecule has 0 bridgehead atoms. The quantitative estimate of drug-likeness (QED) is 0.302. The Morgan fingerprint density at radius 1 is 0.969 bits per heavy atom. The zero-order valence-electron chi connectivity index (χ0n) is 17.1. The summed E-state index contributed by atoms with van der Waals surface area (Å²) in [6.07, 6.45) is 1.36. The van der Waals surface area contributed by atoms with Gasteiger partial charge in [0.05, 0.1) is 20.4 Å². The number of carbonyl (C=O) groups excluding carboxylic acids is 1. The highest BCUT2D eigenvalue weighted by Gasteiger charge is 2.16. The summed E-state index contributed by atoms with van der Waals surface area (Å²) in [6.45, 7) is 0. The normalized spacial score (nSPS) is 11.2. The van der Waals surface area contributed by atoms with Crippen LogP contribution in [-0.4, -0.2) is 34.8 Å². The molecule has 1 N–H and O–H groups in total. The molecule has 10 heteroatoms. The minimum absolute atomic E-state index is 0.0249. The first kappa shape index (κ1) is 23.1. The average Bonchev–Trinajstić information content (AvgIpc) is 2.78. The zero-order valence-corrected chi connectivity index (χ0v) is 18.7. The van der Waals surface area contributed by atoms with Crippen molar-refractivity contribution >= 4 is 33.8 Å². The van der Waals surface area contributed by atoms with E-state index in [9.17, 15) is 13.2 Å². The Bertz CT molecular complexity index is 1240. The molecule has 32 heavy (non-hydrogen) atoms. The number of rotatable bonds is 8. The molecular weight excluding hydrogens is 456 g/mol. The van der Waals surface area contributed by atoms with Crippen molar-refractivity contribution in [2.45, 2.75) is 4.90 Å². The lowest BCUT2D eigenvalue weighted by Crippen LogP contribution is -2.17. The van der Waals surface area contributed by atoms with Crippen molar-refractivity contribution < 1.29 is 26.9 Å². The minimum atomic E-state index is -4.02. The van der Waals surface area contributed by atoms with Gasteiger partial charge in [-0.15, -0.1) is 0 Å². The van der Waals surface area contributed by atoms with E-state index in [1.807, 2.05) is 0 Å². The molecule has 1 amide bonds. The smallest absolute Gasteiger partial charge is 0.339 e. The summed E-state index contributed by atoms with van der Waals surface area (Å²) in [7, 11) is -1.05. The molecule has 3 aromatic rings. The van der Waals surface area contributed by atoms with Gasteiger partial charge < -0.3 is 13.7 Å². The first-order chi connectivity index (χ1) is 15.3. The van der Waals surface area contributed by atoms with Crippen molar-refractivity contribution in [1.82, 2.24) is 5.43 Å². The van der Waals surface area contributed by atoms with Crippen LogP contribution in [-0.2, 0) is 10.1 Å². The standard InChI is InChI=1S/C22H19ClN2O6S/c1-29-20-11-6-16(13-21(20)30-2)22(26)25-24-14-15-4-3-5-18(12-15)31-32(27,28)19-9-7-17(23)8-10-19/h3-14H,1-2H3,(H,25,26)/b24-14+. The number of benzene rings is 3. The van der Waals surface area contributed by atoms with E-state index >= 15 is 0 Å². The van der Waals surface area contributed by atoms with Gasteiger partial charge in [-0.05, 0) is 60.2 Å². The number of nitrogens with zero attached hydrogens (tertiary/aromatic N) is 1. The van der Waals surface area contributed by atoms with Crippen molar-refractivity contribution in [3.8, 4) is 17.2 Å². The molecule has 0 unspecified atom stereocenters. The second-order valence-corrected chi connectivity index (χ2v) is 8.32.